The molecule has 0 unspecified atom stereocenters. The van der Waals surface area contributed by atoms with Crippen LogP contribution in [-0.2, 0) is 11.3 Å². The minimum atomic E-state index is -0.737. The smallest absolute Gasteiger partial charge is 0.251 e. The van der Waals surface area contributed by atoms with Crippen molar-refractivity contribution < 1.29 is 14.0 Å². The van der Waals surface area contributed by atoms with E-state index in [1.165, 1.54) is 24.3 Å². The molecule has 0 radical (unpaired) electrons. The van der Waals surface area contributed by atoms with E-state index < -0.39 is 17.8 Å². The zero-order chi connectivity index (χ0) is 19.3. The summed E-state index contributed by atoms with van der Waals surface area (Å²) in [7, 11) is 0. The maximum Gasteiger partial charge on any atom is 0.251 e. The molecule has 7 heteroatoms. The van der Waals surface area contributed by atoms with Gasteiger partial charge in [0.05, 0.1) is 0 Å². The lowest BCUT2D eigenvalue weighted by molar-refractivity contribution is -0.124. The van der Waals surface area contributed by atoms with E-state index in [-0.39, 0.29) is 23.9 Å². The van der Waals surface area contributed by atoms with Gasteiger partial charge in [-0.05, 0) is 47.9 Å². The van der Waals surface area contributed by atoms with Crippen LogP contribution in [0, 0.1) is 11.7 Å². The summed E-state index contributed by atoms with van der Waals surface area (Å²) in [6, 6.07) is 9.40. The SMILES string of the molecule is CC(C)[C@H](NC(=O)c1ccc(F)cc1)C(=O)NCc1ccc(Cl)cc1Cl. The lowest BCUT2D eigenvalue weighted by Gasteiger charge is -2.22. The number of rotatable bonds is 6. The van der Waals surface area contributed by atoms with Crippen LogP contribution in [0.1, 0.15) is 29.8 Å². The highest BCUT2D eigenvalue weighted by Crippen LogP contribution is 2.20. The molecular formula is C19H19Cl2FN2O2. The average Bonchev–Trinajstić information content (AvgIpc) is 2.58. The van der Waals surface area contributed by atoms with Crippen molar-refractivity contribution in [3.63, 3.8) is 0 Å². The first-order chi connectivity index (χ1) is 12.3. The fourth-order valence-electron chi connectivity index (χ4n) is 2.32. The third kappa shape index (κ3) is 5.44. The van der Waals surface area contributed by atoms with Crippen molar-refractivity contribution in [3.8, 4) is 0 Å². The molecular weight excluding hydrogens is 378 g/mol. The largest absolute Gasteiger partial charge is 0.350 e. The van der Waals surface area contributed by atoms with Gasteiger partial charge in [-0.25, -0.2) is 4.39 Å². The highest BCUT2D eigenvalue weighted by Gasteiger charge is 2.24. The van der Waals surface area contributed by atoms with Crippen LogP contribution in [-0.4, -0.2) is 17.9 Å². The molecule has 0 aliphatic rings. The topological polar surface area (TPSA) is 58.2 Å². The number of carbonyl (C=O) groups is 2. The number of hydrogen-bond donors (Lipinski definition) is 2. The fourth-order valence-corrected chi connectivity index (χ4v) is 2.79. The highest BCUT2D eigenvalue weighted by atomic mass is 35.5. The summed E-state index contributed by atoms with van der Waals surface area (Å²) >= 11 is 12.0. The van der Waals surface area contributed by atoms with Gasteiger partial charge in [0.2, 0.25) is 5.91 Å². The van der Waals surface area contributed by atoms with Crippen molar-refractivity contribution in [1.29, 1.82) is 0 Å². The molecule has 2 rings (SSSR count). The van der Waals surface area contributed by atoms with E-state index in [1.54, 1.807) is 18.2 Å². The molecule has 0 aromatic heterocycles. The quantitative estimate of drug-likeness (QED) is 0.768. The molecule has 0 saturated heterocycles. The maximum absolute atomic E-state index is 13.0. The first-order valence-electron chi connectivity index (χ1n) is 8.06. The van der Waals surface area contributed by atoms with Gasteiger partial charge in [-0.2, -0.15) is 0 Å². The highest BCUT2D eigenvalue weighted by molar-refractivity contribution is 6.35. The minimum absolute atomic E-state index is 0.139. The minimum Gasteiger partial charge on any atom is -0.350 e. The Morgan fingerprint density at radius 1 is 1.08 bits per heavy atom. The van der Waals surface area contributed by atoms with Gasteiger partial charge < -0.3 is 10.6 Å². The molecule has 0 fully saturated rings. The number of carbonyl (C=O) groups excluding carboxylic acids is 2. The lowest BCUT2D eigenvalue weighted by atomic mass is 10.0. The van der Waals surface area contributed by atoms with Gasteiger partial charge in [-0.3, -0.25) is 9.59 Å². The molecule has 2 amide bonds. The van der Waals surface area contributed by atoms with E-state index in [4.69, 9.17) is 23.2 Å². The Balaban J connectivity index is 2.02. The van der Waals surface area contributed by atoms with Crippen LogP contribution in [0.4, 0.5) is 4.39 Å². The van der Waals surface area contributed by atoms with Crippen molar-refractivity contribution in [2.75, 3.05) is 0 Å². The number of halogens is 3. The number of benzene rings is 2. The van der Waals surface area contributed by atoms with Gasteiger partial charge in [0, 0.05) is 22.2 Å². The van der Waals surface area contributed by atoms with Gasteiger partial charge in [-0.1, -0.05) is 43.1 Å². The Morgan fingerprint density at radius 3 is 2.31 bits per heavy atom. The van der Waals surface area contributed by atoms with Crippen molar-refractivity contribution >= 4 is 35.0 Å². The molecule has 2 aromatic rings. The molecule has 0 aliphatic heterocycles. The van der Waals surface area contributed by atoms with Crippen LogP contribution < -0.4 is 10.6 Å². The predicted molar refractivity (Wildman–Crippen MR) is 101 cm³/mol. The summed E-state index contributed by atoms with van der Waals surface area (Å²) in [5.41, 5.74) is 1.00. The Morgan fingerprint density at radius 2 is 1.73 bits per heavy atom. The van der Waals surface area contributed by atoms with E-state index in [2.05, 4.69) is 10.6 Å². The van der Waals surface area contributed by atoms with Crippen LogP contribution in [0.15, 0.2) is 42.5 Å². The Labute approximate surface area is 161 Å². The fraction of sp³-hybridized carbons (Fsp3) is 0.263. The predicted octanol–water partition coefficient (Wildman–Crippen LogP) is 4.20. The Kier molecular flexibility index (Phi) is 7.00. The lowest BCUT2D eigenvalue weighted by Crippen LogP contribution is -2.49. The van der Waals surface area contributed by atoms with Crippen LogP contribution >= 0.6 is 23.2 Å². The summed E-state index contributed by atoms with van der Waals surface area (Å²) in [5.74, 6) is -1.34. The normalized spacial score (nSPS) is 11.9. The molecule has 0 heterocycles. The van der Waals surface area contributed by atoms with Gasteiger partial charge in [-0.15, -0.1) is 0 Å². The van der Waals surface area contributed by atoms with E-state index in [0.717, 1.165) is 5.56 Å². The third-order valence-electron chi connectivity index (χ3n) is 3.81. The van der Waals surface area contributed by atoms with Gasteiger partial charge in [0.25, 0.3) is 5.91 Å². The number of nitrogens with one attached hydrogen (secondary N) is 2. The molecule has 4 nitrogen and oxygen atoms in total. The van der Waals surface area contributed by atoms with E-state index >= 15 is 0 Å². The number of amides is 2. The van der Waals surface area contributed by atoms with Crippen molar-refractivity contribution in [2.24, 2.45) is 5.92 Å². The molecule has 26 heavy (non-hydrogen) atoms. The molecule has 0 aliphatic carbocycles. The van der Waals surface area contributed by atoms with E-state index in [0.29, 0.717) is 10.0 Å². The molecule has 2 aromatic carbocycles. The summed E-state index contributed by atoms with van der Waals surface area (Å²) in [6.07, 6.45) is 0. The monoisotopic (exact) mass is 396 g/mol. The Hall–Kier alpha value is -2.11. The zero-order valence-corrected chi connectivity index (χ0v) is 15.9. The van der Waals surface area contributed by atoms with Crippen LogP contribution in [0.2, 0.25) is 10.0 Å². The molecule has 2 N–H and O–H groups in total. The van der Waals surface area contributed by atoms with Crippen molar-refractivity contribution in [3.05, 3.63) is 69.5 Å². The molecule has 138 valence electrons. The second-order valence-electron chi connectivity index (χ2n) is 6.16. The van der Waals surface area contributed by atoms with Crippen molar-refractivity contribution in [1.82, 2.24) is 10.6 Å². The summed E-state index contributed by atoms with van der Waals surface area (Å²) in [4.78, 5) is 24.8. The van der Waals surface area contributed by atoms with Crippen molar-refractivity contribution in [2.45, 2.75) is 26.4 Å². The van der Waals surface area contributed by atoms with Crippen LogP contribution in [0.3, 0.4) is 0 Å². The standard InChI is InChI=1S/C19H19Cl2FN2O2/c1-11(2)17(24-18(25)12-4-7-15(22)8-5-12)19(26)23-10-13-3-6-14(20)9-16(13)21/h3-9,11,17H,10H2,1-2H3,(H,23,26)(H,24,25)/t17-/m0/s1. The molecule has 1 atom stereocenters. The van der Waals surface area contributed by atoms with Crippen LogP contribution in [0.5, 0.6) is 0 Å². The first-order valence-corrected chi connectivity index (χ1v) is 8.81. The molecule has 0 spiro atoms. The third-order valence-corrected chi connectivity index (χ3v) is 4.40. The summed E-state index contributed by atoms with van der Waals surface area (Å²) < 4.78 is 13.0. The summed E-state index contributed by atoms with van der Waals surface area (Å²) in [5, 5.41) is 6.41. The molecule has 0 bridgehead atoms. The van der Waals surface area contributed by atoms with E-state index in [9.17, 15) is 14.0 Å². The van der Waals surface area contributed by atoms with Crippen LogP contribution in [0.25, 0.3) is 0 Å². The van der Waals surface area contributed by atoms with Gasteiger partial charge in [0.1, 0.15) is 11.9 Å². The number of hydrogen-bond acceptors (Lipinski definition) is 2. The zero-order valence-electron chi connectivity index (χ0n) is 14.4. The van der Waals surface area contributed by atoms with Gasteiger partial charge >= 0.3 is 0 Å². The second-order valence-corrected chi connectivity index (χ2v) is 7.00. The van der Waals surface area contributed by atoms with Gasteiger partial charge in [0.15, 0.2) is 0 Å². The maximum atomic E-state index is 13.0. The average molecular weight is 397 g/mol. The second kappa shape index (κ2) is 9.01. The molecule has 0 saturated carbocycles. The first kappa shape index (κ1) is 20.2. The Bertz CT molecular complexity index is 795. The summed E-state index contributed by atoms with van der Waals surface area (Å²) in [6.45, 7) is 3.86. The van der Waals surface area contributed by atoms with E-state index in [1.807, 2.05) is 13.8 Å².